The van der Waals surface area contributed by atoms with Crippen LogP contribution in [0.4, 0.5) is 0 Å². The third-order valence-corrected chi connectivity index (χ3v) is 4.31. The van der Waals surface area contributed by atoms with E-state index in [1.165, 1.54) is 30.4 Å². The highest BCUT2D eigenvalue weighted by molar-refractivity contribution is 9.09. The van der Waals surface area contributed by atoms with E-state index >= 15 is 0 Å². The molecule has 1 aromatic carbocycles. The molecule has 1 aromatic rings. The Morgan fingerprint density at radius 2 is 2.13 bits per heavy atom. The van der Waals surface area contributed by atoms with Gasteiger partial charge in [0.2, 0.25) is 0 Å². The van der Waals surface area contributed by atoms with E-state index in [-0.39, 0.29) is 0 Å². The van der Waals surface area contributed by atoms with E-state index < -0.39 is 0 Å². The van der Waals surface area contributed by atoms with Crippen LogP contribution in [0.3, 0.4) is 0 Å². The Labute approximate surface area is 100.0 Å². The lowest BCUT2D eigenvalue weighted by Gasteiger charge is -2.18. The second-order valence-electron chi connectivity index (χ2n) is 4.30. The summed E-state index contributed by atoms with van der Waals surface area (Å²) in [5.41, 5.74) is 2.69. The molecule has 1 saturated carbocycles. The molecule has 82 valence electrons. The summed E-state index contributed by atoms with van der Waals surface area (Å²) in [5.74, 6) is 1.66. The Kier molecular flexibility index (Phi) is 3.35. The highest BCUT2D eigenvalue weighted by atomic mass is 79.9. The van der Waals surface area contributed by atoms with Gasteiger partial charge in [-0.25, -0.2) is 0 Å². The van der Waals surface area contributed by atoms with Crippen LogP contribution in [0.1, 0.15) is 36.3 Å². The van der Waals surface area contributed by atoms with E-state index in [0.717, 1.165) is 5.75 Å². The monoisotopic (exact) mass is 268 g/mol. The van der Waals surface area contributed by atoms with Gasteiger partial charge in [0.15, 0.2) is 0 Å². The fraction of sp³-hybridized carbons (Fsp3) is 0.538. The second kappa shape index (κ2) is 4.56. The van der Waals surface area contributed by atoms with Gasteiger partial charge in [-0.1, -0.05) is 40.0 Å². The van der Waals surface area contributed by atoms with E-state index in [0.29, 0.717) is 10.7 Å². The van der Waals surface area contributed by atoms with Gasteiger partial charge < -0.3 is 4.74 Å². The molecule has 0 heterocycles. The first kappa shape index (κ1) is 11.0. The van der Waals surface area contributed by atoms with E-state index in [1.54, 1.807) is 7.11 Å². The molecule has 0 aliphatic heterocycles. The number of halogens is 1. The molecule has 2 unspecified atom stereocenters. The van der Waals surface area contributed by atoms with E-state index in [9.17, 15) is 0 Å². The summed E-state index contributed by atoms with van der Waals surface area (Å²) in [7, 11) is 1.76. The van der Waals surface area contributed by atoms with Crippen molar-refractivity contribution < 1.29 is 4.74 Å². The van der Waals surface area contributed by atoms with Crippen LogP contribution in [0.25, 0.3) is 0 Å². The van der Waals surface area contributed by atoms with Crippen LogP contribution in [-0.4, -0.2) is 11.9 Å². The number of aryl methyl sites for hydroxylation is 1. The van der Waals surface area contributed by atoms with Gasteiger partial charge in [-0.2, -0.15) is 0 Å². The first-order chi connectivity index (χ1) is 7.22. The molecule has 2 atom stereocenters. The van der Waals surface area contributed by atoms with Gasteiger partial charge >= 0.3 is 0 Å². The fourth-order valence-electron chi connectivity index (χ4n) is 2.41. The number of benzene rings is 1. The summed E-state index contributed by atoms with van der Waals surface area (Å²) in [6.45, 7) is 2.14. The quantitative estimate of drug-likeness (QED) is 0.736. The van der Waals surface area contributed by atoms with Gasteiger partial charge in [0.05, 0.1) is 7.11 Å². The standard InChI is InChI=1S/C13H17BrO/c1-9-6-7-13(15-2)11(8-9)10-4-3-5-12(10)14/h6-8,10,12H,3-5H2,1-2H3. The molecule has 15 heavy (non-hydrogen) atoms. The first-order valence-corrected chi connectivity index (χ1v) is 6.42. The molecule has 2 heteroatoms. The maximum Gasteiger partial charge on any atom is 0.122 e. The molecule has 1 aliphatic carbocycles. The summed E-state index contributed by atoms with van der Waals surface area (Å²) >= 11 is 3.77. The van der Waals surface area contributed by atoms with Gasteiger partial charge in [-0.15, -0.1) is 0 Å². The third kappa shape index (κ3) is 2.20. The molecule has 1 aliphatic rings. The molecule has 0 amide bonds. The Morgan fingerprint density at radius 1 is 1.33 bits per heavy atom. The summed E-state index contributed by atoms with van der Waals surface area (Å²) in [4.78, 5) is 0.619. The van der Waals surface area contributed by atoms with Crippen LogP contribution in [0, 0.1) is 6.92 Å². The molecule has 2 rings (SSSR count). The van der Waals surface area contributed by atoms with Crippen molar-refractivity contribution in [3.63, 3.8) is 0 Å². The van der Waals surface area contributed by atoms with Gasteiger partial charge in [-0.05, 0) is 31.4 Å². The largest absolute Gasteiger partial charge is 0.496 e. The maximum atomic E-state index is 5.44. The number of ether oxygens (including phenoxy) is 1. The summed E-state index contributed by atoms with van der Waals surface area (Å²) in [6.07, 6.45) is 3.87. The molecule has 0 aromatic heterocycles. The molecule has 0 spiro atoms. The van der Waals surface area contributed by atoms with Crippen LogP contribution in [0.5, 0.6) is 5.75 Å². The number of methoxy groups -OCH3 is 1. The lowest BCUT2D eigenvalue weighted by Crippen LogP contribution is -2.06. The average molecular weight is 269 g/mol. The second-order valence-corrected chi connectivity index (χ2v) is 5.47. The number of hydrogen-bond donors (Lipinski definition) is 0. The molecule has 0 saturated heterocycles. The predicted molar refractivity (Wildman–Crippen MR) is 67.0 cm³/mol. The van der Waals surface area contributed by atoms with Crippen molar-refractivity contribution in [3.8, 4) is 5.75 Å². The fourth-order valence-corrected chi connectivity index (χ4v) is 3.28. The minimum atomic E-state index is 0.619. The first-order valence-electron chi connectivity index (χ1n) is 5.51. The average Bonchev–Trinajstić information content (AvgIpc) is 2.64. The zero-order chi connectivity index (χ0) is 10.8. The van der Waals surface area contributed by atoms with Crippen LogP contribution >= 0.6 is 15.9 Å². The number of rotatable bonds is 2. The summed E-state index contributed by atoms with van der Waals surface area (Å²) in [5, 5.41) is 0. The zero-order valence-corrected chi connectivity index (χ0v) is 10.9. The van der Waals surface area contributed by atoms with Crippen molar-refractivity contribution in [1.29, 1.82) is 0 Å². The highest BCUT2D eigenvalue weighted by Gasteiger charge is 2.28. The van der Waals surface area contributed by atoms with Crippen molar-refractivity contribution >= 4 is 15.9 Å². The molecule has 0 N–H and O–H groups in total. The van der Waals surface area contributed by atoms with Crippen LogP contribution < -0.4 is 4.74 Å². The molecular weight excluding hydrogens is 252 g/mol. The Bertz CT molecular complexity index is 348. The summed E-state index contributed by atoms with van der Waals surface area (Å²) in [6, 6.07) is 6.46. The van der Waals surface area contributed by atoms with Gasteiger partial charge in [0.25, 0.3) is 0 Å². The molecule has 1 nitrogen and oxygen atoms in total. The van der Waals surface area contributed by atoms with Crippen molar-refractivity contribution in [2.24, 2.45) is 0 Å². The van der Waals surface area contributed by atoms with Crippen molar-refractivity contribution in [2.75, 3.05) is 7.11 Å². The van der Waals surface area contributed by atoms with Crippen LogP contribution in [0.2, 0.25) is 0 Å². The SMILES string of the molecule is COc1ccc(C)cc1C1CCCC1Br. The lowest BCUT2D eigenvalue weighted by molar-refractivity contribution is 0.406. The molecular formula is C13H17BrO. The van der Waals surface area contributed by atoms with Gasteiger partial charge in [0, 0.05) is 10.7 Å². The molecule has 1 fully saturated rings. The number of alkyl halides is 1. The smallest absolute Gasteiger partial charge is 0.122 e. The Balaban J connectivity index is 2.36. The minimum absolute atomic E-state index is 0.619. The van der Waals surface area contributed by atoms with E-state index in [1.807, 2.05) is 0 Å². The van der Waals surface area contributed by atoms with E-state index in [4.69, 9.17) is 4.74 Å². The van der Waals surface area contributed by atoms with Gasteiger partial charge in [0.1, 0.15) is 5.75 Å². The van der Waals surface area contributed by atoms with Crippen molar-refractivity contribution in [3.05, 3.63) is 29.3 Å². The Morgan fingerprint density at radius 3 is 2.73 bits per heavy atom. The van der Waals surface area contributed by atoms with Crippen molar-refractivity contribution in [2.45, 2.75) is 36.9 Å². The third-order valence-electron chi connectivity index (χ3n) is 3.22. The normalized spacial score (nSPS) is 25.5. The topological polar surface area (TPSA) is 9.23 Å². The summed E-state index contributed by atoms with van der Waals surface area (Å²) < 4.78 is 5.44. The lowest BCUT2D eigenvalue weighted by atomic mass is 9.95. The maximum absolute atomic E-state index is 5.44. The zero-order valence-electron chi connectivity index (χ0n) is 9.29. The molecule has 0 radical (unpaired) electrons. The number of hydrogen-bond acceptors (Lipinski definition) is 1. The molecule has 0 bridgehead atoms. The van der Waals surface area contributed by atoms with Crippen LogP contribution in [0.15, 0.2) is 18.2 Å². The van der Waals surface area contributed by atoms with E-state index in [2.05, 4.69) is 41.1 Å². The van der Waals surface area contributed by atoms with Gasteiger partial charge in [-0.3, -0.25) is 0 Å². The van der Waals surface area contributed by atoms with Crippen LogP contribution in [-0.2, 0) is 0 Å². The Hall–Kier alpha value is -0.500. The minimum Gasteiger partial charge on any atom is -0.496 e. The highest BCUT2D eigenvalue weighted by Crippen LogP contribution is 2.42. The predicted octanol–water partition coefficient (Wildman–Crippen LogP) is 4.03. The van der Waals surface area contributed by atoms with Crippen molar-refractivity contribution in [1.82, 2.24) is 0 Å².